The van der Waals surface area contributed by atoms with E-state index in [1.807, 2.05) is 12.1 Å². The van der Waals surface area contributed by atoms with Gasteiger partial charge in [0, 0.05) is 16.2 Å². The lowest BCUT2D eigenvalue weighted by atomic mass is 10.3. The van der Waals surface area contributed by atoms with Gasteiger partial charge < -0.3 is 19.5 Å². The van der Waals surface area contributed by atoms with Gasteiger partial charge in [-0.1, -0.05) is 15.9 Å². The van der Waals surface area contributed by atoms with Crippen LogP contribution in [0.1, 0.15) is 0 Å². The van der Waals surface area contributed by atoms with Crippen molar-refractivity contribution in [2.24, 2.45) is 0 Å². The summed E-state index contributed by atoms with van der Waals surface area (Å²) in [6.45, 7) is -0.143. The fraction of sp³-hybridized carbons (Fsp3) is 0.176. The minimum Gasteiger partial charge on any atom is -0.493 e. The van der Waals surface area contributed by atoms with Crippen LogP contribution in [0.2, 0.25) is 0 Å². The molecule has 0 saturated carbocycles. The molecule has 0 radical (unpaired) electrons. The summed E-state index contributed by atoms with van der Waals surface area (Å²) in [6, 6.07) is 12.4. The number of thiocarbonyl (C=S) groups is 1. The molecule has 0 saturated heterocycles. The normalized spacial score (nSPS) is 9.88. The molecule has 2 aromatic carbocycles. The van der Waals surface area contributed by atoms with Crippen LogP contribution in [0.4, 0.5) is 5.69 Å². The average Bonchev–Trinajstić information content (AvgIpc) is 2.61. The Morgan fingerprint density at radius 3 is 2.40 bits per heavy atom. The number of hydrogen-bond donors (Lipinski definition) is 2. The second kappa shape index (κ2) is 9.24. The standard InChI is InChI=1S/C17H17BrN2O4S/c1-22-14-8-5-12(9-15(14)23-2)19-17(25)20-16(21)10-24-13-6-3-11(18)4-7-13/h3-9H,10H2,1-2H3,(H2,19,20,21,25). The molecule has 6 nitrogen and oxygen atoms in total. The molecule has 0 aliphatic carbocycles. The van der Waals surface area contributed by atoms with Gasteiger partial charge in [0.2, 0.25) is 0 Å². The molecule has 0 atom stereocenters. The van der Waals surface area contributed by atoms with E-state index < -0.39 is 0 Å². The van der Waals surface area contributed by atoms with Gasteiger partial charge >= 0.3 is 0 Å². The molecule has 132 valence electrons. The molecule has 0 aliphatic rings. The van der Waals surface area contributed by atoms with Gasteiger partial charge in [0.25, 0.3) is 5.91 Å². The van der Waals surface area contributed by atoms with Crippen molar-refractivity contribution < 1.29 is 19.0 Å². The highest BCUT2D eigenvalue weighted by molar-refractivity contribution is 9.10. The van der Waals surface area contributed by atoms with Crippen molar-refractivity contribution in [1.29, 1.82) is 0 Å². The summed E-state index contributed by atoms with van der Waals surface area (Å²) >= 11 is 8.46. The minimum absolute atomic E-state index is 0.143. The highest BCUT2D eigenvalue weighted by atomic mass is 79.9. The number of halogens is 1. The first-order chi connectivity index (χ1) is 12.0. The van der Waals surface area contributed by atoms with Gasteiger partial charge in [-0.3, -0.25) is 10.1 Å². The average molecular weight is 425 g/mol. The van der Waals surface area contributed by atoms with Gasteiger partial charge in [0.05, 0.1) is 14.2 Å². The fourth-order valence-corrected chi connectivity index (χ4v) is 2.41. The molecule has 0 fully saturated rings. The van der Waals surface area contributed by atoms with Gasteiger partial charge in [-0.15, -0.1) is 0 Å². The van der Waals surface area contributed by atoms with Gasteiger partial charge in [0.1, 0.15) is 5.75 Å². The first-order valence-electron chi connectivity index (χ1n) is 7.23. The van der Waals surface area contributed by atoms with Crippen LogP contribution in [-0.4, -0.2) is 31.8 Å². The molecule has 0 spiro atoms. The predicted octanol–water partition coefficient (Wildman–Crippen LogP) is 3.36. The van der Waals surface area contributed by atoms with Crippen LogP contribution in [-0.2, 0) is 4.79 Å². The topological polar surface area (TPSA) is 68.8 Å². The third-order valence-electron chi connectivity index (χ3n) is 3.08. The first-order valence-corrected chi connectivity index (χ1v) is 8.43. The summed E-state index contributed by atoms with van der Waals surface area (Å²) in [6.07, 6.45) is 0. The number of ether oxygens (including phenoxy) is 3. The molecule has 8 heteroatoms. The Labute approximate surface area is 159 Å². The van der Waals surface area contributed by atoms with E-state index in [1.165, 1.54) is 0 Å². The lowest BCUT2D eigenvalue weighted by molar-refractivity contribution is -0.121. The number of anilines is 1. The molecular weight excluding hydrogens is 408 g/mol. The summed E-state index contributed by atoms with van der Waals surface area (Å²) < 4.78 is 16.7. The number of rotatable bonds is 6. The van der Waals surface area contributed by atoms with Crippen molar-refractivity contribution in [3.05, 3.63) is 46.9 Å². The molecule has 0 bridgehead atoms. The van der Waals surface area contributed by atoms with Crippen molar-refractivity contribution in [2.75, 3.05) is 26.1 Å². The summed E-state index contributed by atoms with van der Waals surface area (Å²) in [4.78, 5) is 11.9. The molecule has 2 rings (SSSR count). The maximum Gasteiger partial charge on any atom is 0.264 e. The molecule has 2 aromatic rings. The van der Waals surface area contributed by atoms with Gasteiger partial charge in [-0.25, -0.2) is 0 Å². The second-order valence-corrected chi connectivity index (χ2v) is 6.14. The minimum atomic E-state index is -0.360. The number of carbonyl (C=O) groups excluding carboxylic acids is 1. The fourth-order valence-electron chi connectivity index (χ4n) is 1.92. The number of methoxy groups -OCH3 is 2. The van der Waals surface area contributed by atoms with Gasteiger partial charge in [-0.05, 0) is 48.6 Å². The Kier molecular flexibility index (Phi) is 7.03. The number of amides is 1. The van der Waals surface area contributed by atoms with E-state index in [2.05, 4.69) is 26.6 Å². The molecule has 2 N–H and O–H groups in total. The zero-order valence-electron chi connectivity index (χ0n) is 13.7. The predicted molar refractivity (Wildman–Crippen MR) is 104 cm³/mol. The summed E-state index contributed by atoms with van der Waals surface area (Å²) in [5.74, 6) is 1.39. The first kappa shape index (κ1) is 19.0. The van der Waals surface area contributed by atoms with E-state index in [-0.39, 0.29) is 17.6 Å². The van der Waals surface area contributed by atoms with E-state index in [9.17, 15) is 4.79 Å². The quantitative estimate of drug-likeness (QED) is 0.692. The lowest BCUT2D eigenvalue weighted by Crippen LogP contribution is -2.37. The Morgan fingerprint density at radius 2 is 1.76 bits per heavy atom. The highest BCUT2D eigenvalue weighted by Gasteiger charge is 2.08. The molecule has 1 amide bonds. The summed E-state index contributed by atoms with van der Waals surface area (Å²) in [7, 11) is 3.10. The summed E-state index contributed by atoms with van der Waals surface area (Å²) in [5, 5.41) is 5.62. The van der Waals surface area contributed by atoms with Crippen LogP contribution < -0.4 is 24.8 Å². The zero-order chi connectivity index (χ0) is 18.2. The van der Waals surface area contributed by atoms with E-state index >= 15 is 0 Å². The Bertz CT molecular complexity index is 753. The molecular formula is C17H17BrN2O4S. The molecule has 0 aromatic heterocycles. The smallest absolute Gasteiger partial charge is 0.264 e. The van der Waals surface area contributed by atoms with Crippen LogP contribution >= 0.6 is 28.1 Å². The largest absolute Gasteiger partial charge is 0.493 e. The van der Waals surface area contributed by atoms with E-state index in [4.69, 9.17) is 26.4 Å². The van der Waals surface area contributed by atoms with Crippen molar-refractivity contribution in [3.63, 3.8) is 0 Å². The van der Waals surface area contributed by atoms with Crippen LogP contribution in [0.15, 0.2) is 46.9 Å². The second-order valence-electron chi connectivity index (χ2n) is 4.81. The Hall–Kier alpha value is -2.32. The SMILES string of the molecule is COc1ccc(NC(=S)NC(=O)COc2ccc(Br)cc2)cc1OC. The summed E-state index contributed by atoms with van der Waals surface area (Å²) in [5.41, 5.74) is 0.664. The van der Waals surface area contributed by atoms with E-state index in [0.717, 1.165) is 4.47 Å². The van der Waals surface area contributed by atoms with Crippen molar-refractivity contribution in [1.82, 2.24) is 5.32 Å². The number of nitrogens with one attached hydrogen (secondary N) is 2. The van der Waals surface area contributed by atoms with Crippen LogP contribution in [0.3, 0.4) is 0 Å². The van der Waals surface area contributed by atoms with E-state index in [1.54, 1.807) is 44.6 Å². The Balaban J connectivity index is 1.85. The van der Waals surface area contributed by atoms with Crippen molar-refractivity contribution >= 4 is 44.9 Å². The van der Waals surface area contributed by atoms with Crippen LogP contribution in [0.25, 0.3) is 0 Å². The molecule has 25 heavy (non-hydrogen) atoms. The van der Waals surface area contributed by atoms with Gasteiger partial charge in [0.15, 0.2) is 23.2 Å². The van der Waals surface area contributed by atoms with Gasteiger partial charge in [-0.2, -0.15) is 0 Å². The third-order valence-corrected chi connectivity index (χ3v) is 3.81. The molecule has 0 heterocycles. The number of hydrogen-bond acceptors (Lipinski definition) is 5. The third kappa shape index (κ3) is 5.91. The van der Waals surface area contributed by atoms with E-state index in [0.29, 0.717) is 22.9 Å². The monoisotopic (exact) mass is 424 g/mol. The number of benzene rings is 2. The molecule has 0 unspecified atom stereocenters. The highest BCUT2D eigenvalue weighted by Crippen LogP contribution is 2.29. The maximum absolute atomic E-state index is 11.9. The van der Waals surface area contributed by atoms with Crippen molar-refractivity contribution in [2.45, 2.75) is 0 Å². The number of carbonyl (C=O) groups is 1. The lowest BCUT2D eigenvalue weighted by Gasteiger charge is -2.13. The molecule has 0 aliphatic heterocycles. The Morgan fingerprint density at radius 1 is 1.08 bits per heavy atom. The van der Waals surface area contributed by atoms with Crippen molar-refractivity contribution in [3.8, 4) is 17.2 Å². The maximum atomic E-state index is 11.9. The zero-order valence-corrected chi connectivity index (χ0v) is 16.1. The van der Waals surface area contributed by atoms with Crippen LogP contribution in [0.5, 0.6) is 17.2 Å². The van der Waals surface area contributed by atoms with Crippen LogP contribution in [0, 0.1) is 0 Å².